The zero-order valence-electron chi connectivity index (χ0n) is 14.6. The minimum atomic E-state index is 0.341. The molecule has 0 amide bonds. The lowest BCUT2D eigenvalue weighted by atomic mass is 10.0. The third-order valence-electron chi connectivity index (χ3n) is 5.08. The van der Waals surface area contributed by atoms with Crippen molar-refractivity contribution in [3.8, 4) is 0 Å². The number of hydrogen-bond acceptors (Lipinski definition) is 7. The number of anilines is 2. The number of nitrogens with zero attached hydrogens (tertiary/aromatic N) is 6. The molecule has 0 aromatic carbocycles. The normalized spacial score (nSPS) is 21.8. The molecule has 8 heteroatoms. The van der Waals surface area contributed by atoms with Crippen LogP contribution < -0.4 is 10.6 Å². The van der Waals surface area contributed by atoms with Gasteiger partial charge in [-0.1, -0.05) is 0 Å². The first-order valence-electron chi connectivity index (χ1n) is 8.85. The highest BCUT2D eigenvalue weighted by molar-refractivity contribution is 5.45. The van der Waals surface area contributed by atoms with E-state index in [4.69, 9.17) is 10.5 Å². The Kier molecular flexibility index (Phi) is 4.54. The maximum absolute atomic E-state index is 5.96. The lowest BCUT2D eigenvalue weighted by Gasteiger charge is -2.35. The highest BCUT2D eigenvalue weighted by Crippen LogP contribution is 2.27. The number of aromatic nitrogens is 4. The smallest absolute Gasteiger partial charge is 0.222 e. The van der Waals surface area contributed by atoms with Gasteiger partial charge in [-0.15, -0.1) is 0 Å². The molecule has 8 nitrogen and oxygen atoms in total. The average molecular weight is 343 g/mol. The predicted molar refractivity (Wildman–Crippen MR) is 95.3 cm³/mol. The molecule has 0 aliphatic carbocycles. The first-order chi connectivity index (χ1) is 12.2. The molecule has 2 aliphatic heterocycles. The van der Waals surface area contributed by atoms with Crippen molar-refractivity contribution in [3.05, 3.63) is 30.0 Å². The summed E-state index contributed by atoms with van der Waals surface area (Å²) in [6.45, 7) is 6.25. The topological polar surface area (TPSA) is 85.3 Å². The maximum Gasteiger partial charge on any atom is 0.222 e. The van der Waals surface area contributed by atoms with Gasteiger partial charge in [0, 0.05) is 64.2 Å². The van der Waals surface area contributed by atoms with Crippen molar-refractivity contribution in [1.29, 1.82) is 0 Å². The van der Waals surface area contributed by atoms with E-state index in [2.05, 4.69) is 35.4 Å². The molecule has 2 fully saturated rings. The maximum atomic E-state index is 5.96. The summed E-state index contributed by atoms with van der Waals surface area (Å²) in [7, 11) is 2.04. The van der Waals surface area contributed by atoms with Crippen LogP contribution in [0.4, 0.5) is 11.8 Å². The molecule has 0 spiro atoms. The van der Waals surface area contributed by atoms with Crippen LogP contribution in [-0.4, -0.2) is 63.8 Å². The number of aryl methyl sites for hydroxylation is 1. The van der Waals surface area contributed by atoms with Gasteiger partial charge in [0.2, 0.25) is 5.95 Å². The molecule has 4 heterocycles. The second-order valence-corrected chi connectivity index (χ2v) is 6.79. The zero-order valence-corrected chi connectivity index (χ0v) is 14.6. The van der Waals surface area contributed by atoms with Crippen LogP contribution in [0.25, 0.3) is 0 Å². The van der Waals surface area contributed by atoms with E-state index in [0.717, 1.165) is 69.7 Å². The summed E-state index contributed by atoms with van der Waals surface area (Å²) in [6, 6.07) is 2.09. The lowest BCUT2D eigenvalue weighted by molar-refractivity contribution is 0.193. The van der Waals surface area contributed by atoms with Crippen LogP contribution in [0.1, 0.15) is 23.9 Å². The summed E-state index contributed by atoms with van der Waals surface area (Å²) in [4.78, 5) is 18.0. The number of nitrogens with two attached hydrogens (primary N) is 1. The molecule has 1 atom stereocenters. The lowest BCUT2D eigenvalue weighted by Crippen LogP contribution is -2.46. The molecule has 2 saturated heterocycles. The Labute approximate surface area is 147 Å². The molecule has 2 N–H and O–H groups in total. The second kappa shape index (κ2) is 6.97. The first kappa shape index (κ1) is 16.3. The number of imidazole rings is 1. The molecular formula is C17H25N7O. The fourth-order valence-electron chi connectivity index (χ4n) is 3.49. The molecule has 0 saturated carbocycles. The fourth-order valence-corrected chi connectivity index (χ4v) is 3.49. The molecule has 0 unspecified atom stereocenters. The summed E-state index contributed by atoms with van der Waals surface area (Å²) in [5.41, 5.74) is 6.97. The van der Waals surface area contributed by atoms with Crippen LogP contribution >= 0.6 is 0 Å². The van der Waals surface area contributed by atoms with Crippen LogP contribution in [0.15, 0.2) is 18.5 Å². The van der Waals surface area contributed by atoms with Gasteiger partial charge in [0.15, 0.2) is 0 Å². The van der Waals surface area contributed by atoms with Gasteiger partial charge in [0.05, 0.1) is 18.8 Å². The minimum absolute atomic E-state index is 0.341. The van der Waals surface area contributed by atoms with Crippen LogP contribution in [0, 0.1) is 0 Å². The van der Waals surface area contributed by atoms with Gasteiger partial charge >= 0.3 is 0 Å². The standard InChI is InChI=1S/C17H25N7O/c1-22-4-3-19-16(22)11-23-5-7-24(8-6-23)15-10-14(20-17(18)21-15)13-2-9-25-12-13/h3-4,10,13H,2,5-9,11-12H2,1H3,(H2,18,20,21)/t13-/m0/s1. The summed E-state index contributed by atoms with van der Waals surface area (Å²) in [5.74, 6) is 2.73. The molecule has 25 heavy (non-hydrogen) atoms. The van der Waals surface area contributed by atoms with Crippen molar-refractivity contribution >= 4 is 11.8 Å². The third-order valence-corrected chi connectivity index (χ3v) is 5.08. The van der Waals surface area contributed by atoms with E-state index in [0.29, 0.717) is 11.9 Å². The Morgan fingerprint density at radius 2 is 2.08 bits per heavy atom. The van der Waals surface area contributed by atoms with Crippen LogP contribution in [-0.2, 0) is 18.3 Å². The van der Waals surface area contributed by atoms with Crippen molar-refractivity contribution in [2.75, 3.05) is 50.0 Å². The molecule has 2 aromatic heterocycles. The van der Waals surface area contributed by atoms with E-state index >= 15 is 0 Å². The van der Waals surface area contributed by atoms with Gasteiger partial charge < -0.3 is 19.9 Å². The van der Waals surface area contributed by atoms with E-state index in [1.54, 1.807) is 0 Å². The Balaban J connectivity index is 1.41. The Morgan fingerprint density at radius 3 is 2.76 bits per heavy atom. The molecule has 0 bridgehead atoms. The molecule has 0 radical (unpaired) electrons. The van der Waals surface area contributed by atoms with Gasteiger partial charge in [-0.2, -0.15) is 4.98 Å². The van der Waals surface area contributed by atoms with Crippen molar-refractivity contribution < 1.29 is 4.74 Å². The summed E-state index contributed by atoms with van der Waals surface area (Å²) in [6.07, 6.45) is 4.85. The quantitative estimate of drug-likeness (QED) is 0.871. The highest BCUT2D eigenvalue weighted by Gasteiger charge is 2.23. The summed E-state index contributed by atoms with van der Waals surface area (Å²) in [5, 5.41) is 0. The van der Waals surface area contributed by atoms with Crippen LogP contribution in [0.3, 0.4) is 0 Å². The molecule has 134 valence electrons. The third kappa shape index (κ3) is 3.59. The van der Waals surface area contributed by atoms with E-state index in [1.165, 1.54) is 0 Å². The number of nitrogen functional groups attached to an aromatic ring is 1. The van der Waals surface area contributed by atoms with Crippen molar-refractivity contribution in [1.82, 2.24) is 24.4 Å². The van der Waals surface area contributed by atoms with E-state index < -0.39 is 0 Å². The molecular weight excluding hydrogens is 318 g/mol. The highest BCUT2D eigenvalue weighted by atomic mass is 16.5. The number of ether oxygens (including phenoxy) is 1. The van der Waals surface area contributed by atoms with Crippen LogP contribution in [0.2, 0.25) is 0 Å². The fraction of sp³-hybridized carbons (Fsp3) is 0.588. The van der Waals surface area contributed by atoms with Crippen molar-refractivity contribution in [2.45, 2.75) is 18.9 Å². The van der Waals surface area contributed by atoms with E-state index in [-0.39, 0.29) is 0 Å². The monoisotopic (exact) mass is 343 g/mol. The summed E-state index contributed by atoms with van der Waals surface area (Å²) >= 11 is 0. The van der Waals surface area contributed by atoms with Gasteiger partial charge in [0.1, 0.15) is 11.6 Å². The van der Waals surface area contributed by atoms with Gasteiger partial charge in [0.25, 0.3) is 0 Å². The number of piperazine rings is 1. The zero-order chi connectivity index (χ0) is 17.2. The van der Waals surface area contributed by atoms with Crippen molar-refractivity contribution in [3.63, 3.8) is 0 Å². The van der Waals surface area contributed by atoms with Gasteiger partial charge in [-0.05, 0) is 6.42 Å². The Morgan fingerprint density at radius 1 is 1.24 bits per heavy atom. The molecule has 2 aromatic rings. The first-order valence-corrected chi connectivity index (χ1v) is 8.85. The number of hydrogen-bond donors (Lipinski definition) is 1. The molecule has 2 aliphatic rings. The molecule has 4 rings (SSSR count). The average Bonchev–Trinajstić information content (AvgIpc) is 3.28. The predicted octanol–water partition coefficient (Wildman–Crippen LogP) is 0.618. The summed E-state index contributed by atoms with van der Waals surface area (Å²) < 4.78 is 7.56. The van der Waals surface area contributed by atoms with Gasteiger partial charge in [-0.25, -0.2) is 9.97 Å². The van der Waals surface area contributed by atoms with E-state index in [9.17, 15) is 0 Å². The minimum Gasteiger partial charge on any atom is -0.381 e. The second-order valence-electron chi connectivity index (χ2n) is 6.79. The van der Waals surface area contributed by atoms with E-state index in [1.807, 2.05) is 19.4 Å². The largest absolute Gasteiger partial charge is 0.381 e. The Hall–Kier alpha value is -2.19. The van der Waals surface area contributed by atoms with Gasteiger partial charge in [-0.3, -0.25) is 4.90 Å². The number of rotatable bonds is 4. The SMILES string of the molecule is Cn1ccnc1CN1CCN(c2cc([C@H]3CCOC3)nc(N)n2)CC1. The Bertz CT molecular complexity index is 718. The van der Waals surface area contributed by atoms with Crippen LogP contribution in [0.5, 0.6) is 0 Å². The van der Waals surface area contributed by atoms with Crippen molar-refractivity contribution in [2.24, 2.45) is 7.05 Å².